The number of ether oxygens (including phenoxy) is 1. The van der Waals surface area contributed by atoms with Crippen LogP contribution in [0.5, 0.6) is 5.75 Å². The van der Waals surface area contributed by atoms with E-state index in [1.165, 1.54) is 9.13 Å². The first-order valence-electron chi connectivity index (χ1n) is 9.32. The fourth-order valence-electron chi connectivity index (χ4n) is 3.05. The third kappa shape index (κ3) is 4.90. The third-order valence-corrected chi connectivity index (χ3v) is 6.27. The minimum absolute atomic E-state index is 0.155. The fourth-order valence-corrected chi connectivity index (χ4v) is 4.63. The minimum Gasteiger partial charge on any atom is -0.491 e. The van der Waals surface area contributed by atoms with Crippen LogP contribution < -0.4 is 4.74 Å². The molecule has 0 amide bonds. The van der Waals surface area contributed by atoms with Gasteiger partial charge in [-0.2, -0.15) is 0 Å². The molecule has 0 N–H and O–H groups in total. The zero-order valence-electron chi connectivity index (χ0n) is 16.1. The normalized spacial score (nSPS) is 11.3. The Morgan fingerprint density at radius 1 is 1.03 bits per heavy atom. The Labute approximate surface area is 193 Å². The van der Waals surface area contributed by atoms with E-state index in [-0.39, 0.29) is 6.10 Å². The van der Waals surface area contributed by atoms with Crippen molar-refractivity contribution in [1.29, 1.82) is 0 Å². The predicted molar refractivity (Wildman–Crippen MR) is 131 cm³/mol. The van der Waals surface area contributed by atoms with Crippen LogP contribution in [-0.2, 0) is 5.75 Å². The second kappa shape index (κ2) is 8.98. The van der Waals surface area contributed by atoms with Crippen LogP contribution in [0.25, 0.3) is 16.7 Å². The molecule has 0 aliphatic heterocycles. The van der Waals surface area contributed by atoms with Crippen LogP contribution in [0.2, 0.25) is 5.02 Å². The van der Waals surface area contributed by atoms with Gasteiger partial charge in [-0.1, -0.05) is 35.5 Å². The number of hydrogen-bond donors (Lipinski definition) is 0. The summed E-state index contributed by atoms with van der Waals surface area (Å²) in [4.78, 5) is 4.90. The largest absolute Gasteiger partial charge is 0.491 e. The van der Waals surface area contributed by atoms with E-state index in [1.54, 1.807) is 11.8 Å². The number of thioether (sulfide) groups is 1. The highest BCUT2D eigenvalue weighted by Gasteiger charge is 2.14. The highest BCUT2D eigenvalue weighted by atomic mass is 127. The number of nitrogens with zero attached hydrogens (tertiary/aromatic N) is 2. The number of rotatable bonds is 6. The van der Waals surface area contributed by atoms with Crippen LogP contribution in [0.4, 0.5) is 0 Å². The van der Waals surface area contributed by atoms with Gasteiger partial charge in [-0.05, 0) is 96.6 Å². The molecule has 29 heavy (non-hydrogen) atoms. The fraction of sp³-hybridized carbons (Fsp3) is 0.174. The molecule has 1 heterocycles. The number of aromatic nitrogens is 2. The topological polar surface area (TPSA) is 27.1 Å². The van der Waals surface area contributed by atoms with Gasteiger partial charge in [0.25, 0.3) is 0 Å². The molecule has 0 atom stereocenters. The first-order chi connectivity index (χ1) is 14.0. The van der Waals surface area contributed by atoms with Gasteiger partial charge in [0, 0.05) is 20.0 Å². The van der Waals surface area contributed by atoms with Crippen LogP contribution in [0.1, 0.15) is 19.4 Å². The Balaban J connectivity index is 1.71. The van der Waals surface area contributed by atoms with E-state index in [1.807, 2.05) is 38.1 Å². The molecule has 0 saturated carbocycles. The van der Waals surface area contributed by atoms with Crippen molar-refractivity contribution >= 4 is 57.0 Å². The van der Waals surface area contributed by atoms with Crippen molar-refractivity contribution in [1.82, 2.24) is 9.55 Å². The molecule has 148 valence electrons. The minimum atomic E-state index is 0.155. The summed E-state index contributed by atoms with van der Waals surface area (Å²) in [6, 6.07) is 22.5. The summed E-state index contributed by atoms with van der Waals surface area (Å²) in [6.07, 6.45) is 0.155. The van der Waals surface area contributed by atoms with Gasteiger partial charge in [-0.25, -0.2) is 4.98 Å². The molecular weight excluding hydrogens is 515 g/mol. The molecule has 0 unspecified atom stereocenters. The standard InChI is InChI=1S/C23H20ClIN2OS/c1-15(2)28-20-10-8-19(9-11-20)27-22-13-18(25)7-12-21(22)26-23(27)29-14-16-3-5-17(24)6-4-16/h3-13,15H,14H2,1-2H3. The van der Waals surface area contributed by atoms with Crippen molar-refractivity contribution in [2.45, 2.75) is 30.9 Å². The lowest BCUT2D eigenvalue weighted by Gasteiger charge is -2.12. The summed E-state index contributed by atoms with van der Waals surface area (Å²) in [6.45, 7) is 4.06. The van der Waals surface area contributed by atoms with Gasteiger partial charge in [-0.15, -0.1) is 0 Å². The Morgan fingerprint density at radius 2 is 1.76 bits per heavy atom. The molecule has 0 radical (unpaired) electrons. The summed E-state index contributed by atoms with van der Waals surface area (Å²) in [5.41, 5.74) is 4.39. The molecule has 0 saturated heterocycles. The van der Waals surface area contributed by atoms with Gasteiger partial charge in [0.2, 0.25) is 0 Å². The van der Waals surface area contributed by atoms with Crippen LogP contribution >= 0.6 is 46.0 Å². The van der Waals surface area contributed by atoms with Crippen molar-refractivity contribution in [2.75, 3.05) is 0 Å². The second-order valence-electron chi connectivity index (χ2n) is 6.94. The molecule has 0 aliphatic carbocycles. The van der Waals surface area contributed by atoms with E-state index in [2.05, 4.69) is 69.6 Å². The van der Waals surface area contributed by atoms with Gasteiger partial charge < -0.3 is 4.74 Å². The maximum atomic E-state index is 6.01. The lowest BCUT2D eigenvalue weighted by atomic mass is 10.2. The average molecular weight is 535 g/mol. The van der Waals surface area contributed by atoms with Crippen LogP contribution in [0.15, 0.2) is 71.9 Å². The Kier molecular flexibility index (Phi) is 6.37. The van der Waals surface area contributed by atoms with Gasteiger partial charge in [0.05, 0.1) is 17.1 Å². The van der Waals surface area contributed by atoms with Crippen LogP contribution in [0, 0.1) is 3.57 Å². The van der Waals surface area contributed by atoms with Crippen molar-refractivity contribution in [3.05, 3.63) is 80.9 Å². The number of fused-ring (bicyclic) bond motifs is 1. The summed E-state index contributed by atoms with van der Waals surface area (Å²) >= 11 is 10.1. The number of benzene rings is 3. The lowest BCUT2D eigenvalue weighted by molar-refractivity contribution is 0.242. The van der Waals surface area contributed by atoms with E-state index in [0.717, 1.165) is 38.4 Å². The maximum absolute atomic E-state index is 6.01. The van der Waals surface area contributed by atoms with E-state index < -0.39 is 0 Å². The van der Waals surface area contributed by atoms with Crippen molar-refractivity contribution < 1.29 is 4.74 Å². The first-order valence-corrected chi connectivity index (χ1v) is 11.8. The van der Waals surface area contributed by atoms with E-state index in [9.17, 15) is 0 Å². The zero-order valence-corrected chi connectivity index (χ0v) is 19.8. The highest BCUT2D eigenvalue weighted by Crippen LogP contribution is 2.31. The number of imidazole rings is 1. The highest BCUT2D eigenvalue weighted by molar-refractivity contribution is 14.1. The van der Waals surface area contributed by atoms with E-state index >= 15 is 0 Å². The van der Waals surface area contributed by atoms with Crippen LogP contribution in [0.3, 0.4) is 0 Å². The molecule has 0 aliphatic rings. The summed E-state index contributed by atoms with van der Waals surface area (Å²) in [7, 11) is 0. The smallest absolute Gasteiger partial charge is 0.174 e. The predicted octanol–water partition coefficient (Wildman–Crippen LogP) is 7.36. The third-order valence-electron chi connectivity index (χ3n) is 4.33. The van der Waals surface area contributed by atoms with Crippen LogP contribution in [-0.4, -0.2) is 15.7 Å². The summed E-state index contributed by atoms with van der Waals surface area (Å²) < 4.78 is 9.20. The molecule has 0 bridgehead atoms. The molecule has 3 nitrogen and oxygen atoms in total. The monoisotopic (exact) mass is 534 g/mol. The Bertz CT molecular complexity index is 1120. The van der Waals surface area contributed by atoms with Gasteiger partial charge in [0.15, 0.2) is 5.16 Å². The molecule has 4 rings (SSSR count). The SMILES string of the molecule is CC(C)Oc1ccc(-n2c(SCc3ccc(Cl)cc3)nc3ccc(I)cc32)cc1. The molecule has 1 aromatic heterocycles. The van der Waals surface area contributed by atoms with Crippen molar-refractivity contribution in [3.63, 3.8) is 0 Å². The van der Waals surface area contributed by atoms with E-state index in [0.29, 0.717) is 0 Å². The molecule has 3 aromatic carbocycles. The van der Waals surface area contributed by atoms with Gasteiger partial charge in [0.1, 0.15) is 5.75 Å². The lowest BCUT2D eigenvalue weighted by Crippen LogP contribution is -2.05. The first kappa shape index (κ1) is 20.6. The summed E-state index contributed by atoms with van der Waals surface area (Å²) in [5.74, 6) is 1.70. The summed E-state index contributed by atoms with van der Waals surface area (Å²) in [5, 5.41) is 1.72. The number of halogens is 2. The molecule has 0 spiro atoms. The van der Waals surface area contributed by atoms with Crippen molar-refractivity contribution in [3.8, 4) is 11.4 Å². The maximum Gasteiger partial charge on any atom is 0.174 e. The Hall–Kier alpha value is -1.70. The number of hydrogen-bond acceptors (Lipinski definition) is 3. The second-order valence-corrected chi connectivity index (χ2v) is 9.56. The molecule has 4 aromatic rings. The zero-order chi connectivity index (χ0) is 20.4. The van der Waals surface area contributed by atoms with E-state index in [4.69, 9.17) is 21.3 Å². The molecular formula is C23H20ClIN2OS. The average Bonchev–Trinajstić information content (AvgIpc) is 3.05. The van der Waals surface area contributed by atoms with Gasteiger partial charge >= 0.3 is 0 Å². The quantitative estimate of drug-likeness (QED) is 0.191. The molecule has 0 fully saturated rings. The van der Waals surface area contributed by atoms with Crippen molar-refractivity contribution in [2.24, 2.45) is 0 Å². The van der Waals surface area contributed by atoms with Gasteiger partial charge in [-0.3, -0.25) is 4.57 Å². The molecule has 6 heteroatoms. The Morgan fingerprint density at radius 3 is 2.45 bits per heavy atom.